The normalized spacial score (nSPS) is 14.5. The minimum Gasteiger partial charge on any atom is -0.322 e. The van der Waals surface area contributed by atoms with Crippen LogP contribution in [0.25, 0.3) is 11.0 Å². The summed E-state index contributed by atoms with van der Waals surface area (Å²) in [7, 11) is -4.09. The SMILES string of the molecule is Cc1c(Cl)cccc1NC(=O)c1cc(NC(=O)c2ccccc2C(F)(F)F)cc2c1nc(C1(C)CC1)n2OS(C)(=O)=O. The van der Waals surface area contributed by atoms with Gasteiger partial charge in [0.1, 0.15) is 11.0 Å². The van der Waals surface area contributed by atoms with Crippen LogP contribution in [-0.4, -0.2) is 36.2 Å². The number of aromatic nitrogens is 2. The third-order valence-electron chi connectivity index (χ3n) is 6.96. The van der Waals surface area contributed by atoms with Gasteiger partial charge in [-0.1, -0.05) is 36.7 Å². The summed E-state index contributed by atoms with van der Waals surface area (Å²) in [6.45, 7) is 3.55. The Kier molecular flexibility index (Phi) is 7.22. The van der Waals surface area contributed by atoms with Crippen molar-refractivity contribution >= 4 is 55.9 Å². The van der Waals surface area contributed by atoms with E-state index in [1.54, 1.807) is 25.1 Å². The van der Waals surface area contributed by atoms with E-state index in [1.165, 1.54) is 18.2 Å². The maximum Gasteiger partial charge on any atom is 0.417 e. The van der Waals surface area contributed by atoms with Crippen LogP contribution in [0.4, 0.5) is 24.5 Å². The molecule has 1 aliphatic rings. The summed E-state index contributed by atoms with van der Waals surface area (Å²) >= 11 is 6.20. The molecule has 42 heavy (non-hydrogen) atoms. The largest absolute Gasteiger partial charge is 0.417 e. The molecule has 0 aliphatic heterocycles. The second kappa shape index (κ2) is 10.3. The number of benzene rings is 3. The Hall–Kier alpha value is -4.10. The Bertz CT molecular complexity index is 1870. The number of imidazole rings is 1. The summed E-state index contributed by atoms with van der Waals surface area (Å²) < 4.78 is 71.5. The van der Waals surface area contributed by atoms with Gasteiger partial charge in [-0.25, -0.2) is 4.98 Å². The lowest BCUT2D eigenvalue weighted by Crippen LogP contribution is -2.23. The van der Waals surface area contributed by atoms with Crippen molar-refractivity contribution in [3.63, 3.8) is 0 Å². The molecule has 0 bridgehead atoms. The number of hydrogen-bond acceptors (Lipinski definition) is 6. The van der Waals surface area contributed by atoms with Gasteiger partial charge >= 0.3 is 16.3 Å². The molecular weight excluding hydrogens is 597 g/mol. The first-order valence-corrected chi connectivity index (χ1v) is 14.8. The molecule has 220 valence electrons. The number of carbonyl (C=O) groups is 2. The molecule has 14 heteroatoms. The summed E-state index contributed by atoms with van der Waals surface area (Å²) in [4.78, 5) is 31.3. The van der Waals surface area contributed by atoms with E-state index in [1.807, 2.05) is 6.92 Å². The number of hydrogen-bond donors (Lipinski definition) is 2. The number of nitrogens with zero attached hydrogens (tertiary/aromatic N) is 2. The number of carbonyl (C=O) groups excluding carboxylic acids is 2. The first kappa shape index (κ1) is 29.4. The molecule has 9 nitrogen and oxygen atoms in total. The Morgan fingerprint density at radius 3 is 2.33 bits per heavy atom. The molecule has 4 aromatic rings. The number of amides is 2. The number of nitrogens with one attached hydrogen (secondary N) is 2. The van der Waals surface area contributed by atoms with Gasteiger partial charge in [-0.3, -0.25) is 13.9 Å². The number of alkyl halides is 3. The fourth-order valence-corrected chi connectivity index (χ4v) is 5.06. The van der Waals surface area contributed by atoms with Gasteiger partial charge in [-0.2, -0.15) is 21.6 Å². The van der Waals surface area contributed by atoms with Gasteiger partial charge in [0.05, 0.1) is 22.9 Å². The topological polar surface area (TPSA) is 119 Å². The Balaban J connectivity index is 1.67. The third-order valence-corrected chi connectivity index (χ3v) is 7.79. The van der Waals surface area contributed by atoms with E-state index in [-0.39, 0.29) is 28.1 Å². The first-order chi connectivity index (χ1) is 19.6. The molecule has 1 aliphatic carbocycles. The van der Waals surface area contributed by atoms with Crippen LogP contribution in [-0.2, 0) is 21.7 Å². The van der Waals surface area contributed by atoms with Crippen molar-refractivity contribution in [2.75, 3.05) is 16.9 Å². The van der Waals surface area contributed by atoms with Crippen molar-refractivity contribution in [1.29, 1.82) is 0 Å². The zero-order chi connectivity index (χ0) is 30.6. The molecule has 2 N–H and O–H groups in total. The maximum atomic E-state index is 13.6. The molecular formula is C28H24ClF3N4O5S. The fraction of sp³-hybridized carbons (Fsp3) is 0.250. The average Bonchev–Trinajstić information content (AvgIpc) is 3.55. The van der Waals surface area contributed by atoms with Crippen LogP contribution in [0.2, 0.25) is 5.02 Å². The summed E-state index contributed by atoms with van der Waals surface area (Å²) in [6, 6.07) is 11.7. The lowest BCUT2D eigenvalue weighted by molar-refractivity contribution is -0.137. The van der Waals surface area contributed by atoms with Crippen molar-refractivity contribution in [1.82, 2.24) is 9.71 Å². The molecule has 0 radical (unpaired) electrons. The molecule has 0 atom stereocenters. The zero-order valence-corrected chi connectivity index (χ0v) is 24.0. The molecule has 0 spiro atoms. The van der Waals surface area contributed by atoms with Crippen LogP contribution in [0.5, 0.6) is 0 Å². The summed E-state index contributed by atoms with van der Waals surface area (Å²) in [5.74, 6) is -1.54. The molecule has 0 saturated heterocycles. The first-order valence-electron chi connectivity index (χ1n) is 12.6. The van der Waals surface area contributed by atoms with E-state index in [9.17, 15) is 31.2 Å². The number of rotatable bonds is 7. The molecule has 5 rings (SSSR count). The molecule has 3 aromatic carbocycles. The second-order valence-electron chi connectivity index (χ2n) is 10.3. The number of anilines is 2. The molecule has 1 heterocycles. The van der Waals surface area contributed by atoms with Gasteiger partial charge in [0.25, 0.3) is 11.8 Å². The lowest BCUT2D eigenvalue weighted by atomic mass is 10.1. The fourth-order valence-electron chi connectivity index (χ4n) is 4.46. The highest BCUT2D eigenvalue weighted by Crippen LogP contribution is 2.48. The van der Waals surface area contributed by atoms with E-state index in [0.29, 0.717) is 29.1 Å². The molecule has 1 fully saturated rings. The number of halogens is 4. The summed E-state index contributed by atoms with van der Waals surface area (Å²) in [6.07, 6.45) is -2.61. The molecule has 2 amide bonds. The van der Waals surface area contributed by atoms with Crippen LogP contribution in [0.3, 0.4) is 0 Å². The van der Waals surface area contributed by atoms with Crippen molar-refractivity contribution < 1.29 is 35.5 Å². The van der Waals surface area contributed by atoms with E-state index < -0.39 is 44.7 Å². The Labute approximate surface area is 243 Å². The summed E-state index contributed by atoms with van der Waals surface area (Å²) in [5.41, 5.74) is -1.48. The predicted molar refractivity (Wildman–Crippen MR) is 151 cm³/mol. The Morgan fingerprint density at radius 1 is 1.02 bits per heavy atom. The van der Waals surface area contributed by atoms with Crippen molar-refractivity contribution in [3.8, 4) is 0 Å². The third kappa shape index (κ3) is 5.79. The van der Waals surface area contributed by atoms with Gasteiger partial charge in [0.2, 0.25) is 0 Å². The van der Waals surface area contributed by atoms with Crippen LogP contribution in [0, 0.1) is 6.92 Å². The monoisotopic (exact) mass is 620 g/mol. The smallest absolute Gasteiger partial charge is 0.322 e. The van der Waals surface area contributed by atoms with E-state index in [4.69, 9.17) is 15.9 Å². The van der Waals surface area contributed by atoms with Crippen LogP contribution < -0.4 is 14.9 Å². The average molecular weight is 621 g/mol. The quantitative estimate of drug-likeness (QED) is 0.263. The standard InChI is InChI=1S/C28H24ClF3N4O5S/c1-15-20(29)9-6-10-21(15)34-25(38)18-13-16(33-24(37)17-7-4-5-8-19(17)28(30,31)32)14-22-23(18)35-26(27(2)11-12-27)36(22)41-42(3,39)40/h4-10,13-14H,11-12H2,1-3H3,(H,33,37)(H,34,38). The molecule has 1 saturated carbocycles. The van der Waals surface area contributed by atoms with Gasteiger partial charge in [-0.05, 0) is 61.7 Å². The highest BCUT2D eigenvalue weighted by atomic mass is 35.5. The number of fused-ring (bicyclic) bond motifs is 1. The van der Waals surface area contributed by atoms with E-state index >= 15 is 0 Å². The minimum absolute atomic E-state index is 0.0124. The lowest BCUT2D eigenvalue weighted by Gasteiger charge is -2.15. The second-order valence-corrected chi connectivity index (χ2v) is 12.3. The predicted octanol–water partition coefficient (Wildman–Crippen LogP) is 5.96. The summed E-state index contributed by atoms with van der Waals surface area (Å²) in [5, 5.41) is 5.55. The van der Waals surface area contributed by atoms with Crippen LogP contribution in [0.1, 0.15) is 57.4 Å². The van der Waals surface area contributed by atoms with Crippen molar-refractivity contribution in [3.05, 3.63) is 87.7 Å². The minimum atomic E-state index is -4.80. The Morgan fingerprint density at radius 2 is 1.69 bits per heavy atom. The van der Waals surface area contributed by atoms with Gasteiger partial charge < -0.3 is 10.6 Å². The van der Waals surface area contributed by atoms with Crippen LogP contribution >= 0.6 is 11.6 Å². The maximum absolute atomic E-state index is 13.6. The molecule has 1 aromatic heterocycles. The van der Waals surface area contributed by atoms with E-state index in [2.05, 4.69) is 15.6 Å². The van der Waals surface area contributed by atoms with Gasteiger partial charge in [0.15, 0.2) is 5.82 Å². The van der Waals surface area contributed by atoms with Crippen molar-refractivity contribution in [2.45, 2.75) is 38.3 Å². The van der Waals surface area contributed by atoms with Crippen molar-refractivity contribution in [2.24, 2.45) is 0 Å². The van der Waals surface area contributed by atoms with Gasteiger partial charge in [0, 0.05) is 21.8 Å². The van der Waals surface area contributed by atoms with Crippen LogP contribution in [0.15, 0.2) is 54.6 Å². The van der Waals surface area contributed by atoms with E-state index in [0.717, 1.165) is 29.2 Å². The highest BCUT2D eigenvalue weighted by Gasteiger charge is 2.45. The van der Waals surface area contributed by atoms with Gasteiger partial charge in [-0.15, -0.1) is 4.73 Å². The molecule has 0 unspecified atom stereocenters. The zero-order valence-electron chi connectivity index (χ0n) is 22.5. The highest BCUT2D eigenvalue weighted by molar-refractivity contribution is 7.86.